The summed E-state index contributed by atoms with van der Waals surface area (Å²) >= 11 is 1.22. The third-order valence-corrected chi connectivity index (χ3v) is 4.65. The van der Waals surface area contributed by atoms with E-state index in [-0.39, 0.29) is 6.54 Å². The second kappa shape index (κ2) is 6.25. The Hall–Kier alpha value is -1.90. The van der Waals surface area contributed by atoms with Crippen LogP contribution < -0.4 is 0 Å². The molecule has 0 aliphatic rings. The number of aryl methyl sites for hydroxylation is 1. The number of aliphatic carboxylic acids is 1. The van der Waals surface area contributed by atoms with Gasteiger partial charge in [-0.1, -0.05) is 25.3 Å². The largest absolute Gasteiger partial charge is 0.481 e. The van der Waals surface area contributed by atoms with Gasteiger partial charge in [-0.05, 0) is 41.2 Å². The van der Waals surface area contributed by atoms with E-state index in [4.69, 9.17) is 0 Å². The predicted molar refractivity (Wildman–Crippen MR) is 76.7 cm³/mol. The number of aromatic nitrogens is 6. The van der Waals surface area contributed by atoms with Crippen LogP contribution in [0.2, 0.25) is 0 Å². The van der Waals surface area contributed by atoms with E-state index in [0.29, 0.717) is 18.7 Å². The molecule has 21 heavy (non-hydrogen) atoms. The topological polar surface area (TPSA) is 107 Å². The second-order valence-corrected chi connectivity index (χ2v) is 5.61. The Bertz CT molecular complexity index is 619. The number of carbonyl (C=O) groups is 1. The monoisotopic (exact) mass is 310 g/mol. The average Bonchev–Trinajstić information content (AvgIpc) is 3.12. The first-order valence-corrected chi connectivity index (χ1v) is 7.66. The molecule has 2 aromatic rings. The highest BCUT2D eigenvalue weighted by Gasteiger charge is 2.37. The molecule has 0 unspecified atom stereocenters. The minimum absolute atomic E-state index is 0.235. The fourth-order valence-corrected chi connectivity index (χ4v) is 2.95. The number of carboxylic acids is 1. The molecule has 2 rings (SSSR count). The van der Waals surface area contributed by atoms with Gasteiger partial charge in [-0.2, -0.15) is 0 Å². The molecular formula is C12H18N6O2S. The summed E-state index contributed by atoms with van der Waals surface area (Å²) in [4.78, 5) is 12.4. The van der Waals surface area contributed by atoms with E-state index in [1.54, 1.807) is 4.68 Å². The smallest absolute Gasteiger partial charge is 0.311 e. The van der Waals surface area contributed by atoms with E-state index in [9.17, 15) is 9.90 Å². The van der Waals surface area contributed by atoms with Crippen molar-refractivity contribution in [2.24, 2.45) is 5.41 Å². The zero-order valence-corrected chi connectivity index (χ0v) is 13.1. The molecule has 9 heteroatoms. The van der Waals surface area contributed by atoms with Gasteiger partial charge in [0.1, 0.15) is 4.88 Å². The van der Waals surface area contributed by atoms with Crippen LogP contribution in [0.1, 0.15) is 39.3 Å². The molecule has 0 saturated carbocycles. The summed E-state index contributed by atoms with van der Waals surface area (Å²) < 4.78 is 5.48. The van der Waals surface area contributed by atoms with Gasteiger partial charge in [0.05, 0.1) is 17.7 Å². The molecule has 0 aromatic carbocycles. The molecule has 0 aliphatic carbocycles. The molecule has 0 saturated heterocycles. The molecule has 0 spiro atoms. The molecule has 0 atom stereocenters. The molecule has 2 aromatic heterocycles. The zero-order valence-electron chi connectivity index (χ0n) is 12.3. The average molecular weight is 310 g/mol. The van der Waals surface area contributed by atoms with Crippen LogP contribution in [-0.2, 0) is 17.8 Å². The third kappa shape index (κ3) is 2.78. The van der Waals surface area contributed by atoms with Gasteiger partial charge in [0.25, 0.3) is 0 Å². The van der Waals surface area contributed by atoms with E-state index in [1.165, 1.54) is 11.5 Å². The Morgan fingerprint density at radius 3 is 2.57 bits per heavy atom. The standard InChI is InChI=1S/C12H18N6O2S/c1-4-8-9(21-17-13-8)10-14-15-16-18(10)7-12(5-2,6-3)11(19)20/h4-7H2,1-3H3,(H,19,20). The van der Waals surface area contributed by atoms with Crippen molar-refractivity contribution in [2.45, 2.75) is 46.6 Å². The van der Waals surface area contributed by atoms with Crippen LogP contribution in [0.4, 0.5) is 0 Å². The van der Waals surface area contributed by atoms with Crippen molar-refractivity contribution in [2.75, 3.05) is 0 Å². The van der Waals surface area contributed by atoms with Crippen molar-refractivity contribution in [1.82, 2.24) is 29.8 Å². The minimum atomic E-state index is -0.866. The van der Waals surface area contributed by atoms with Crippen LogP contribution in [0.25, 0.3) is 10.7 Å². The molecule has 114 valence electrons. The third-order valence-electron chi connectivity index (χ3n) is 3.89. The molecule has 1 N–H and O–H groups in total. The van der Waals surface area contributed by atoms with Crippen molar-refractivity contribution in [3.05, 3.63) is 5.69 Å². The van der Waals surface area contributed by atoms with Crippen molar-refractivity contribution in [1.29, 1.82) is 0 Å². The molecule has 0 aliphatic heterocycles. The van der Waals surface area contributed by atoms with Gasteiger partial charge in [0, 0.05) is 0 Å². The Morgan fingerprint density at radius 2 is 2.00 bits per heavy atom. The van der Waals surface area contributed by atoms with Crippen molar-refractivity contribution in [3.8, 4) is 10.7 Å². The van der Waals surface area contributed by atoms with E-state index >= 15 is 0 Å². The molecule has 8 nitrogen and oxygen atoms in total. The van der Waals surface area contributed by atoms with Crippen LogP contribution in [-0.4, -0.2) is 40.9 Å². The lowest BCUT2D eigenvalue weighted by Gasteiger charge is -2.26. The number of carboxylic acid groups (broad SMARTS) is 1. The summed E-state index contributed by atoms with van der Waals surface area (Å²) in [5.41, 5.74) is -0.0424. The van der Waals surface area contributed by atoms with Crippen molar-refractivity contribution < 1.29 is 9.90 Å². The summed E-state index contributed by atoms with van der Waals surface area (Å²) in [6.07, 6.45) is 1.75. The molecular weight excluding hydrogens is 292 g/mol. The second-order valence-electron chi connectivity index (χ2n) is 4.86. The minimum Gasteiger partial charge on any atom is -0.481 e. The number of hydrogen-bond donors (Lipinski definition) is 1. The summed E-state index contributed by atoms with van der Waals surface area (Å²) in [5, 5.41) is 25.2. The zero-order chi connectivity index (χ0) is 15.5. The maximum Gasteiger partial charge on any atom is 0.311 e. The highest BCUT2D eigenvalue weighted by atomic mass is 32.1. The lowest BCUT2D eigenvalue weighted by Crippen LogP contribution is -2.35. The number of nitrogens with zero attached hydrogens (tertiary/aromatic N) is 6. The van der Waals surface area contributed by atoms with E-state index < -0.39 is 11.4 Å². The van der Waals surface area contributed by atoms with Crippen LogP contribution in [0.3, 0.4) is 0 Å². The molecule has 0 fully saturated rings. The first-order valence-electron chi connectivity index (χ1n) is 6.89. The van der Waals surface area contributed by atoms with Crippen LogP contribution >= 0.6 is 11.5 Å². The molecule has 0 bridgehead atoms. The fourth-order valence-electron chi connectivity index (χ4n) is 2.21. The van der Waals surface area contributed by atoms with Gasteiger partial charge in [-0.15, -0.1) is 10.2 Å². The molecule has 0 radical (unpaired) electrons. The Morgan fingerprint density at radius 1 is 1.29 bits per heavy atom. The number of hydrogen-bond acceptors (Lipinski definition) is 7. The van der Waals surface area contributed by atoms with Gasteiger partial charge in [-0.3, -0.25) is 4.79 Å². The van der Waals surface area contributed by atoms with Crippen LogP contribution in [0.5, 0.6) is 0 Å². The van der Waals surface area contributed by atoms with Gasteiger partial charge < -0.3 is 5.11 Å². The normalized spacial score (nSPS) is 11.8. The maximum atomic E-state index is 11.6. The van der Waals surface area contributed by atoms with Crippen LogP contribution in [0, 0.1) is 5.41 Å². The van der Waals surface area contributed by atoms with Gasteiger partial charge >= 0.3 is 5.97 Å². The Kier molecular flexibility index (Phi) is 4.61. The van der Waals surface area contributed by atoms with E-state index in [1.807, 2.05) is 20.8 Å². The first kappa shape index (κ1) is 15.5. The Balaban J connectivity index is 2.39. The van der Waals surface area contributed by atoms with Crippen molar-refractivity contribution in [3.63, 3.8) is 0 Å². The predicted octanol–water partition coefficient (Wildman–Crippen LogP) is 1.65. The highest BCUT2D eigenvalue weighted by molar-refractivity contribution is 7.09. The summed E-state index contributed by atoms with van der Waals surface area (Å²) in [7, 11) is 0. The fraction of sp³-hybridized carbons (Fsp3) is 0.667. The van der Waals surface area contributed by atoms with E-state index in [2.05, 4.69) is 25.1 Å². The first-order chi connectivity index (χ1) is 10.1. The number of rotatable bonds is 7. The van der Waals surface area contributed by atoms with Crippen LogP contribution in [0.15, 0.2) is 0 Å². The summed E-state index contributed by atoms with van der Waals surface area (Å²) in [6, 6.07) is 0. The van der Waals surface area contributed by atoms with E-state index in [0.717, 1.165) is 17.0 Å². The highest BCUT2D eigenvalue weighted by Crippen LogP contribution is 2.31. The lowest BCUT2D eigenvalue weighted by molar-refractivity contribution is -0.150. The summed E-state index contributed by atoms with van der Waals surface area (Å²) in [5.74, 6) is -0.290. The number of tetrazole rings is 1. The Labute approximate surface area is 126 Å². The van der Waals surface area contributed by atoms with Gasteiger partial charge in [0.15, 0.2) is 5.82 Å². The quantitative estimate of drug-likeness (QED) is 0.828. The molecule has 0 amide bonds. The van der Waals surface area contributed by atoms with Gasteiger partial charge in [-0.25, -0.2) is 4.68 Å². The van der Waals surface area contributed by atoms with Gasteiger partial charge in [0.2, 0.25) is 0 Å². The SMILES string of the molecule is CCc1nnsc1-c1nnnn1CC(CC)(CC)C(=O)O. The lowest BCUT2D eigenvalue weighted by atomic mass is 9.82. The maximum absolute atomic E-state index is 11.6. The molecule has 2 heterocycles. The summed E-state index contributed by atoms with van der Waals surface area (Å²) in [6.45, 7) is 5.95. The van der Waals surface area contributed by atoms with Crippen molar-refractivity contribution >= 4 is 17.5 Å².